The summed E-state index contributed by atoms with van der Waals surface area (Å²) in [6.07, 6.45) is 1.43. The number of nitrogens with zero attached hydrogens (tertiary/aromatic N) is 2. The lowest BCUT2D eigenvalue weighted by Crippen LogP contribution is -2.39. The number of carbonyl (C=O) groups excluding carboxylic acids is 2. The Kier molecular flexibility index (Phi) is 9.85. The molecule has 0 aliphatic rings. The second-order valence-electron chi connectivity index (χ2n) is 9.08. The Hall–Kier alpha value is -4.96. The summed E-state index contributed by atoms with van der Waals surface area (Å²) in [7, 11) is -4.00. The van der Waals surface area contributed by atoms with Gasteiger partial charge in [0.2, 0.25) is 0 Å². The molecule has 0 aliphatic heterocycles. The number of amides is 2. The number of hydrogen-bond donors (Lipinski definition) is 2. The average molecular weight is 571 g/mol. The minimum Gasteiger partial charge on any atom is -0.484 e. The van der Waals surface area contributed by atoms with Crippen LogP contribution in [0.5, 0.6) is 5.75 Å². The van der Waals surface area contributed by atoms with Crippen LogP contribution >= 0.6 is 0 Å². The highest BCUT2D eigenvalue weighted by Crippen LogP contribution is 2.24. The molecule has 4 aromatic rings. The molecule has 0 saturated carbocycles. The van der Waals surface area contributed by atoms with E-state index in [1.165, 1.54) is 18.3 Å². The Bertz CT molecular complexity index is 1590. The van der Waals surface area contributed by atoms with Gasteiger partial charge in [0.25, 0.3) is 21.8 Å². The van der Waals surface area contributed by atoms with Crippen LogP contribution < -0.4 is 19.8 Å². The van der Waals surface area contributed by atoms with Gasteiger partial charge in [-0.15, -0.1) is 0 Å². The van der Waals surface area contributed by atoms with Crippen molar-refractivity contribution in [2.45, 2.75) is 18.4 Å². The molecule has 41 heavy (non-hydrogen) atoms. The Balaban J connectivity index is 1.31. The molecule has 210 valence electrons. The standard InChI is InChI=1S/C31H30N4O5S/c1-24-9-8-12-27(19-24)35(41(38,39)29-13-6-3-7-14-29)22-30(36)34-33-21-26-15-17-28(18-16-26)40-23-31(37)32-20-25-10-4-2-5-11-25/h2-19,21H,20,22-23H2,1H3,(H,32,37)(H,34,36)/b33-21-. The highest BCUT2D eigenvalue weighted by molar-refractivity contribution is 7.92. The minimum atomic E-state index is -4.00. The third-order valence-electron chi connectivity index (χ3n) is 5.89. The van der Waals surface area contributed by atoms with E-state index in [4.69, 9.17) is 4.74 Å². The minimum absolute atomic E-state index is 0.0776. The second kappa shape index (κ2) is 13.9. The van der Waals surface area contributed by atoms with E-state index in [0.717, 1.165) is 15.4 Å². The first-order valence-electron chi connectivity index (χ1n) is 12.8. The maximum atomic E-state index is 13.4. The summed E-state index contributed by atoms with van der Waals surface area (Å²) in [6, 6.07) is 31.2. The van der Waals surface area contributed by atoms with Crippen LogP contribution in [0.4, 0.5) is 5.69 Å². The van der Waals surface area contributed by atoms with Crippen LogP contribution in [0.1, 0.15) is 16.7 Å². The van der Waals surface area contributed by atoms with E-state index in [0.29, 0.717) is 23.5 Å². The number of nitrogens with one attached hydrogen (secondary N) is 2. The van der Waals surface area contributed by atoms with E-state index >= 15 is 0 Å². The number of aryl methyl sites for hydroxylation is 1. The fourth-order valence-electron chi connectivity index (χ4n) is 3.81. The van der Waals surface area contributed by atoms with E-state index < -0.39 is 22.5 Å². The van der Waals surface area contributed by atoms with Gasteiger partial charge < -0.3 is 10.1 Å². The molecular weight excluding hydrogens is 540 g/mol. The normalized spacial score (nSPS) is 11.1. The van der Waals surface area contributed by atoms with Gasteiger partial charge in [-0.05, 0) is 72.1 Å². The molecule has 10 heteroatoms. The maximum Gasteiger partial charge on any atom is 0.264 e. The van der Waals surface area contributed by atoms with Gasteiger partial charge >= 0.3 is 0 Å². The van der Waals surface area contributed by atoms with Crippen LogP contribution in [0.3, 0.4) is 0 Å². The number of ether oxygens (including phenoxy) is 1. The number of anilines is 1. The number of benzene rings is 4. The highest BCUT2D eigenvalue weighted by atomic mass is 32.2. The SMILES string of the molecule is Cc1cccc(N(CC(=O)N/N=C\c2ccc(OCC(=O)NCc3ccccc3)cc2)S(=O)(=O)c2ccccc2)c1. The Labute approximate surface area is 239 Å². The fraction of sp³-hybridized carbons (Fsp3) is 0.129. The van der Waals surface area contributed by atoms with Crippen molar-refractivity contribution in [2.24, 2.45) is 5.10 Å². The maximum absolute atomic E-state index is 13.4. The molecule has 0 heterocycles. The topological polar surface area (TPSA) is 117 Å². The van der Waals surface area contributed by atoms with Crippen LogP contribution in [-0.2, 0) is 26.2 Å². The first-order valence-corrected chi connectivity index (χ1v) is 14.2. The van der Waals surface area contributed by atoms with Crippen LogP contribution in [0.15, 0.2) is 119 Å². The molecule has 0 spiro atoms. The van der Waals surface area contributed by atoms with Crippen molar-refractivity contribution in [3.63, 3.8) is 0 Å². The number of hydrazone groups is 1. The molecule has 4 aromatic carbocycles. The van der Waals surface area contributed by atoms with Crippen molar-refractivity contribution in [3.8, 4) is 5.75 Å². The second-order valence-corrected chi connectivity index (χ2v) is 10.9. The van der Waals surface area contributed by atoms with E-state index in [1.807, 2.05) is 43.3 Å². The lowest BCUT2D eigenvalue weighted by Gasteiger charge is -2.24. The zero-order valence-corrected chi connectivity index (χ0v) is 23.3. The molecule has 0 saturated heterocycles. The lowest BCUT2D eigenvalue weighted by molar-refractivity contribution is -0.123. The third-order valence-corrected chi connectivity index (χ3v) is 7.68. The number of rotatable bonds is 12. The van der Waals surface area contributed by atoms with Crippen molar-refractivity contribution in [3.05, 3.63) is 126 Å². The molecule has 0 aromatic heterocycles. The Morgan fingerprint density at radius 2 is 1.54 bits per heavy atom. The summed E-state index contributed by atoms with van der Waals surface area (Å²) in [6.45, 7) is 1.68. The summed E-state index contributed by atoms with van der Waals surface area (Å²) in [4.78, 5) is 24.9. The van der Waals surface area contributed by atoms with Gasteiger partial charge in [-0.25, -0.2) is 13.8 Å². The molecule has 0 aliphatic carbocycles. The molecule has 0 bridgehead atoms. The first kappa shape index (κ1) is 29.0. The third kappa shape index (κ3) is 8.51. The Morgan fingerprint density at radius 3 is 2.22 bits per heavy atom. The molecule has 4 rings (SSSR count). The molecular formula is C31H30N4O5S. The largest absolute Gasteiger partial charge is 0.484 e. The fourth-order valence-corrected chi connectivity index (χ4v) is 5.24. The van der Waals surface area contributed by atoms with Gasteiger partial charge in [-0.2, -0.15) is 5.10 Å². The number of carbonyl (C=O) groups is 2. The summed E-state index contributed by atoms with van der Waals surface area (Å²) in [5.41, 5.74) is 5.28. The summed E-state index contributed by atoms with van der Waals surface area (Å²) in [5.74, 6) is -0.346. The van der Waals surface area contributed by atoms with Crippen LogP contribution in [0.25, 0.3) is 0 Å². The van der Waals surface area contributed by atoms with Gasteiger partial charge in [0.05, 0.1) is 16.8 Å². The molecule has 0 fully saturated rings. The van der Waals surface area contributed by atoms with Gasteiger partial charge in [-0.3, -0.25) is 13.9 Å². The molecule has 9 nitrogen and oxygen atoms in total. The van der Waals surface area contributed by atoms with Gasteiger partial charge in [-0.1, -0.05) is 60.7 Å². The van der Waals surface area contributed by atoms with Crippen molar-refractivity contribution >= 4 is 33.7 Å². The molecule has 2 amide bonds. The van der Waals surface area contributed by atoms with Gasteiger partial charge in [0.15, 0.2) is 6.61 Å². The Morgan fingerprint density at radius 1 is 0.854 bits per heavy atom. The lowest BCUT2D eigenvalue weighted by atomic mass is 10.2. The zero-order chi connectivity index (χ0) is 29.1. The average Bonchev–Trinajstić information content (AvgIpc) is 2.99. The van der Waals surface area contributed by atoms with Crippen molar-refractivity contribution < 1.29 is 22.7 Å². The monoisotopic (exact) mass is 570 g/mol. The zero-order valence-electron chi connectivity index (χ0n) is 22.4. The summed E-state index contributed by atoms with van der Waals surface area (Å²) >= 11 is 0. The summed E-state index contributed by atoms with van der Waals surface area (Å²) < 4.78 is 33.3. The molecule has 2 N–H and O–H groups in total. The van der Waals surface area contributed by atoms with E-state index in [2.05, 4.69) is 15.8 Å². The molecule has 0 unspecified atom stereocenters. The predicted octanol–water partition coefficient (Wildman–Crippen LogP) is 4.04. The number of hydrogen-bond acceptors (Lipinski definition) is 6. The van der Waals surface area contributed by atoms with Gasteiger partial charge in [0.1, 0.15) is 12.3 Å². The van der Waals surface area contributed by atoms with Crippen molar-refractivity contribution in [1.82, 2.24) is 10.7 Å². The molecule has 0 radical (unpaired) electrons. The molecule has 0 atom stereocenters. The highest BCUT2D eigenvalue weighted by Gasteiger charge is 2.27. The van der Waals surface area contributed by atoms with Crippen molar-refractivity contribution in [1.29, 1.82) is 0 Å². The first-order chi connectivity index (χ1) is 19.8. The number of sulfonamides is 1. The van der Waals surface area contributed by atoms with Gasteiger partial charge in [0, 0.05) is 6.54 Å². The smallest absolute Gasteiger partial charge is 0.264 e. The van der Waals surface area contributed by atoms with Crippen molar-refractivity contribution in [2.75, 3.05) is 17.5 Å². The van der Waals surface area contributed by atoms with Crippen LogP contribution in [-0.4, -0.2) is 39.6 Å². The summed E-state index contributed by atoms with van der Waals surface area (Å²) in [5, 5.41) is 6.76. The van der Waals surface area contributed by atoms with E-state index in [-0.39, 0.29) is 17.4 Å². The quantitative estimate of drug-likeness (QED) is 0.197. The predicted molar refractivity (Wildman–Crippen MR) is 158 cm³/mol. The van der Waals surface area contributed by atoms with Crippen LogP contribution in [0, 0.1) is 6.92 Å². The van der Waals surface area contributed by atoms with E-state index in [9.17, 15) is 18.0 Å². The van der Waals surface area contributed by atoms with Crippen LogP contribution in [0.2, 0.25) is 0 Å². The van der Waals surface area contributed by atoms with E-state index in [1.54, 1.807) is 60.7 Å².